The lowest BCUT2D eigenvalue weighted by Crippen LogP contribution is -2.63. The van der Waals surface area contributed by atoms with Gasteiger partial charge in [-0.05, 0) is 45.4 Å². The first-order valence-electron chi connectivity index (χ1n) is 9.26. The minimum atomic E-state index is -0.871. The van der Waals surface area contributed by atoms with Crippen molar-refractivity contribution in [2.45, 2.75) is 71.9 Å². The molecule has 1 heterocycles. The first kappa shape index (κ1) is 19.1. The van der Waals surface area contributed by atoms with E-state index in [4.69, 9.17) is 9.47 Å². The highest BCUT2D eigenvalue weighted by molar-refractivity contribution is 5.93. The van der Waals surface area contributed by atoms with Crippen LogP contribution in [0.25, 0.3) is 0 Å². The molecule has 0 spiro atoms. The van der Waals surface area contributed by atoms with Crippen LogP contribution in [0, 0.1) is 17.3 Å². The molecule has 2 N–H and O–H groups in total. The summed E-state index contributed by atoms with van der Waals surface area (Å²) in [6.45, 7) is 8.93. The number of fused-ring (bicyclic) bond motifs is 2. The molecule has 3 rings (SSSR count). The van der Waals surface area contributed by atoms with Crippen LogP contribution in [-0.2, 0) is 19.1 Å². The Bertz CT molecular complexity index is 692. The van der Waals surface area contributed by atoms with Gasteiger partial charge in [-0.2, -0.15) is 0 Å². The van der Waals surface area contributed by atoms with Crippen LogP contribution < -0.4 is 0 Å². The Balaban J connectivity index is 2.13. The molecule has 0 radical (unpaired) electrons. The van der Waals surface area contributed by atoms with Gasteiger partial charge < -0.3 is 19.7 Å². The molecule has 6 nitrogen and oxygen atoms in total. The monoisotopic (exact) mass is 364 g/mol. The van der Waals surface area contributed by atoms with Gasteiger partial charge in [0.05, 0.1) is 12.2 Å². The van der Waals surface area contributed by atoms with Crippen molar-refractivity contribution in [3.05, 3.63) is 22.8 Å². The molecule has 2 saturated carbocycles. The molecule has 0 amide bonds. The topological polar surface area (TPSA) is 93.1 Å². The zero-order valence-corrected chi connectivity index (χ0v) is 16.0. The number of carbonyl (C=O) groups is 2. The second-order valence-electron chi connectivity index (χ2n) is 8.06. The first-order chi connectivity index (χ1) is 12.1. The van der Waals surface area contributed by atoms with Gasteiger partial charge in [-0.1, -0.05) is 19.9 Å². The van der Waals surface area contributed by atoms with Crippen molar-refractivity contribution in [2.75, 3.05) is 0 Å². The smallest absolute Gasteiger partial charge is 0.334 e. The maximum Gasteiger partial charge on any atom is 0.334 e. The lowest BCUT2D eigenvalue weighted by atomic mass is 9.51. The summed E-state index contributed by atoms with van der Waals surface area (Å²) in [6, 6.07) is 0. The summed E-state index contributed by atoms with van der Waals surface area (Å²) < 4.78 is 11.3. The van der Waals surface area contributed by atoms with Crippen LogP contribution in [0.2, 0.25) is 0 Å². The molecule has 0 bridgehead atoms. The average molecular weight is 364 g/mol. The fourth-order valence-corrected chi connectivity index (χ4v) is 4.89. The van der Waals surface area contributed by atoms with Crippen molar-refractivity contribution in [2.24, 2.45) is 17.3 Å². The van der Waals surface area contributed by atoms with Gasteiger partial charge in [-0.25, -0.2) is 9.59 Å². The second-order valence-corrected chi connectivity index (χ2v) is 8.06. The highest BCUT2D eigenvalue weighted by Crippen LogP contribution is 2.58. The third-order valence-electron chi connectivity index (χ3n) is 6.96. The summed E-state index contributed by atoms with van der Waals surface area (Å²) in [5.41, 5.74) is 0.707. The number of allylic oxidation sites excluding steroid dienone is 1. The van der Waals surface area contributed by atoms with Crippen LogP contribution in [0.4, 0.5) is 0 Å². The lowest BCUT2D eigenvalue weighted by Gasteiger charge is -2.57. The molecule has 0 saturated heterocycles. The summed E-state index contributed by atoms with van der Waals surface area (Å²) in [4.78, 5) is 24.7. The van der Waals surface area contributed by atoms with Crippen molar-refractivity contribution in [1.29, 1.82) is 0 Å². The standard InChI is InChI=1S/C20H28O6/c1-6-9(2)18(23)26-17-14-10(3)19(24)25-16(14)15(22)12-7-8-13(21)11(4)20(12,17)5/h6,11-13,15-17,21-22H,7-8H2,1-5H3/b9-6+/t11-,12+,13-,15+,16-,17+,20+/m0/s1. The van der Waals surface area contributed by atoms with Crippen molar-refractivity contribution in [3.63, 3.8) is 0 Å². The van der Waals surface area contributed by atoms with Gasteiger partial charge in [0.15, 0.2) is 6.10 Å². The quantitative estimate of drug-likeness (QED) is 0.574. The fourth-order valence-electron chi connectivity index (χ4n) is 4.89. The Labute approximate surface area is 153 Å². The Morgan fingerprint density at radius 2 is 2.00 bits per heavy atom. The van der Waals surface area contributed by atoms with Crippen molar-refractivity contribution >= 4 is 11.9 Å². The Morgan fingerprint density at radius 3 is 2.62 bits per heavy atom. The Hall–Kier alpha value is -1.66. The van der Waals surface area contributed by atoms with Crippen LogP contribution in [-0.4, -0.2) is 46.6 Å². The van der Waals surface area contributed by atoms with Gasteiger partial charge in [-0.15, -0.1) is 0 Å². The molecule has 26 heavy (non-hydrogen) atoms. The molecular weight excluding hydrogens is 336 g/mol. The van der Waals surface area contributed by atoms with E-state index in [2.05, 4.69) is 0 Å². The minimum absolute atomic E-state index is 0.212. The SMILES string of the molecule is C/C=C(\C)C(=O)O[C@@H]1C2=C(C)C(=O)O[C@@H]2[C@H](O)[C@H]2CC[C@H](O)[C@H](C)[C@@]12C. The third kappa shape index (κ3) is 2.54. The van der Waals surface area contributed by atoms with Crippen molar-refractivity contribution < 1.29 is 29.3 Å². The van der Waals surface area contributed by atoms with Gasteiger partial charge in [0.25, 0.3) is 0 Å². The predicted octanol–water partition coefficient (Wildman–Crippen LogP) is 1.89. The zero-order chi connectivity index (χ0) is 19.4. The van der Waals surface area contributed by atoms with Gasteiger partial charge >= 0.3 is 11.9 Å². The summed E-state index contributed by atoms with van der Waals surface area (Å²) in [7, 11) is 0. The van der Waals surface area contributed by atoms with E-state index < -0.39 is 41.8 Å². The Morgan fingerprint density at radius 1 is 1.35 bits per heavy atom. The number of aliphatic hydroxyl groups excluding tert-OH is 2. The van der Waals surface area contributed by atoms with E-state index >= 15 is 0 Å². The Kier molecular flexibility index (Phi) is 4.78. The number of hydrogen-bond donors (Lipinski definition) is 2. The maximum absolute atomic E-state index is 12.5. The van der Waals surface area contributed by atoms with Crippen LogP contribution >= 0.6 is 0 Å². The summed E-state index contributed by atoms with van der Waals surface area (Å²) >= 11 is 0. The number of ether oxygens (including phenoxy) is 2. The van der Waals surface area contributed by atoms with Crippen molar-refractivity contribution in [1.82, 2.24) is 0 Å². The van der Waals surface area contributed by atoms with Gasteiger partial charge in [-0.3, -0.25) is 0 Å². The molecule has 0 aromatic rings. The number of carbonyl (C=O) groups excluding carboxylic acids is 2. The van der Waals surface area contributed by atoms with E-state index in [0.29, 0.717) is 29.6 Å². The molecule has 144 valence electrons. The number of rotatable bonds is 2. The lowest BCUT2D eigenvalue weighted by molar-refractivity contribution is -0.199. The summed E-state index contributed by atoms with van der Waals surface area (Å²) in [5.74, 6) is -1.39. The number of esters is 2. The predicted molar refractivity (Wildman–Crippen MR) is 93.9 cm³/mol. The molecule has 3 aliphatic rings. The summed E-state index contributed by atoms with van der Waals surface area (Å²) in [6.07, 6.45) is -0.113. The zero-order valence-electron chi connectivity index (χ0n) is 16.0. The molecule has 2 fully saturated rings. The second kappa shape index (κ2) is 6.50. The normalized spacial score (nSPS) is 42.9. The first-order valence-corrected chi connectivity index (χ1v) is 9.26. The molecular formula is C20H28O6. The van der Waals surface area contributed by atoms with Gasteiger partial charge in [0, 0.05) is 22.1 Å². The molecule has 0 aromatic heterocycles. The van der Waals surface area contributed by atoms with E-state index in [1.54, 1.807) is 26.8 Å². The van der Waals surface area contributed by atoms with Gasteiger partial charge in [0.1, 0.15) is 6.10 Å². The largest absolute Gasteiger partial charge is 0.454 e. The highest BCUT2D eigenvalue weighted by Gasteiger charge is 2.63. The van der Waals surface area contributed by atoms with Crippen LogP contribution in [0.5, 0.6) is 0 Å². The third-order valence-corrected chi connectivity index (χ3v) is 6.96. The van der Waals surface area contributed by atoms with E-state index in [0.717, 1.165) is 0 Å². The fraction of sp³-hybridized carbons (Fsp3) is 0.700. The van der Waals surface area contributed by atoms with E-state index in [1.165, 1.54) is 0 Å². The van der Waals surface area contributed by atoms with Crippen LogP contribution in [0.3, 0.4) is 0 Å². The molecule has 6 heteroatoms. The molecule has 1 aliphatic heterocycles. The van der Waals surface area contributed by atoms with Gasteiger partial charge in [0.2, 0.25) is 0 Å². The highest BCUT2D eigenvalue weighted by atomic mass is 16.6. The number of aliphatic hydroxyl groups is 2. The van der Waals surface area contributed by atoms with E-state index in [9.17, 15) is 19.8 Å². The minimum Gasteiger partial charge on any atom is -0.454 e. The van der Waals surface area contributed by atoms with Crippen molar-refractivity contribution in [3.8, 4) is 0 Å². The molecule has 7 atom stereocenters. The summed E-state index contributed by atoms with van der Waals surface area (Å²) in [5, 5.41) is 21.4. The molecule has 0 unspecified atom stereocenters. The van der Waals surface area contributed by atoms with E-state index in [-0.39, 0.29) is 11.8 Å². The number of hydrogen-bond acceptors (Lipinski definition) is 6. The maximum atomic E-state index is 12.5. The average Bonchev–Trinajstić information content (AvgIpc) is 2.90. The van der Waals surface area contributed by atoms with Crippen LogP contribution in [0.1, 0.15) is 47.5 Å². The van der Waals surface area contributed by atoms with E-state index in [1.807, 2.05) is 13.8 Å². The molecule has 0 aromatic carbocycles. The van der Waals surface area contributed by atoms with Crippen LogP contribution in [0.15, 0.2) is 22.8 Å². The molecule has 2 aliphatic carbocycles.